The molecule has 0 aliphatic rings. The zero-order valence-electron chi connectivity index (χ0n) is 7.00. The van der Waals surface area contributed by atoms with Crippen molar-refractivity contribution in [2.75, 3.05) is 0 Å². The molecule has 0 radical (unpaired) electrons. The number of carboxylic acid groups (broad SMARTS) is 1. The quantitative estimate of drug-likeness (QED) is 0.498. The minimum Gasteiger partial charge on any atom is -0.478 e. The van der Waals surface area contributed by atoms with Crippen molar-refractivity contribution in [3.63, 3.8) is 0 Å². The summed E-state index contributed by atoms with van der Waals surface area (Å²) in [6, 6.07) is 0. The fourth-order valence-electron chi connectivity index (χ4n) is 0.749. The largest absolute Gasteiger partial charge is 0.478 e. The first kappa shape index (κ1) is 9.95. The lowest BCUT2D eigenvalue weighted by Crippen LogP contribution is -1.98. The molecule has 11 heavy (non-hydrogen) atoms. The van der Waals surface area contributed by atoms with E-state index in [4.69, 9.17) is 5.11 Å². The third-order valence-corrected chi connectivity index (χ3v) is 1.30. The van der Waals surface area contributed by atoms with E-state index in [1.165, 1.54) is 0 Å². The van der Waals surface area contributed by atoms with Crippen LogP contribution in [0.4, 0.5) is 0 Å². The molecule has 0 spiro atoms. The molecule has 62 valence electrons. The zero-order valence-corrected chi connectivity index (χ0v) is 7.00. The van der Waals surface area contributed by atoms with Gasteiger partial charge in [-0.25, -0.2) is 4.79 Å². The highest BCUT2D eigenvalue weighted by molar-refractivity contribution is 5.86. The summed E-state index contributed by atoms with van der Waals surface area (Å²) in [5.74, 6) is -0.815. The summed E-state index contributed by atoms with van der Waals surface area (Å²) in [7, 11) is 0. The molecule has 0 aromatic heterocycles. The first-order chi connectivity index (χ1) is 5.22. The number of carboxylic acids is 1. The minimum absolute atomic E-state index is 0.477. The second-order valence-electron chi connectivity index (χ2n) is 2.22. The highest BCUT2D eigenvalue weighted by Crippen LogP contribution is 2.03. The first-order valence-electron chi connectivity index (χ1n) is 3.75. The smallest absolute Gasteiger partial charge is 0.331 e. The maximum Gasteiger partial charge on any atom is 0.331 e. The van der Waals surface area contributed by atoms with E-state index in [0.717, 1.165) is 6.42 Å². The van der Waals surface area contributed by atoms with Crippen molar-refractivity contribution in [3.8, 4) is 0 Å². The third kappa shape index (κ3) is 4.37. The average molecular weight is 154 g/mol. The summed E-state index contributed by atoms with van der Waals surface area (Å²) >= 11 is 0. The number of allylic oxidation sites excluding steroid dienone is 3. The summed E-state index contributed by atoms with van der Waals surface area (Å²) in [6.45, 7) is 3.81. The summed E-state index contributed by atoms with van der Waals surface area (Å²) < 4.78 is 0. The maximum atomic E-state index is 10.5. The topological polar surface area (TPSA) is 37.3 Å². The van der Waals surface area contributed by atoms with Gasteiger partial charge in [0.15, 0.2) is 0 Å². The van der Waals surface area contributed by atoms with Crippen LogP contribution < -0.4 is 0 Å². The molecule has 2 nitrogen and oxygen atoms in total. The Kier molecular flexibility index (Phi) is 5.17. The highest BCUT2D eigenvalue weighted by Gasteiger charge is 2.02. The van der Waals surface area contributed by atoms with Crippen molar-refractivity contribution in [1.82, 2.24) is 0 Å². The third-order valence-electron chi connectivity index (χ3n) is 1.30. The molecule has 0 aromatic rings. The predicted molar refractivity (Wildman–Crippen MR) is 45.4 cm³/mol. The van der Waals surface area contributed by atoms with Crippen LogP contribution in [0.5, 0.6) is 0 Å². The standard InChI is InChI=1S/C9H14O2/c1-3-5-7-8(6-4-2)9(10)11/h3,5-6H,4,7H2,1-2H3,(H,10,11). The molecule has 0 heterocycles. The Morgan fingerprint density at radius 2 is 2.18 bits per heavy atom. The minimum atomic E-state index is -0.815. The van der Waals surface area contributed by atoms with Crippen LogP contribution in [0.1, 0.15) is 26.7 Å². The van der Waals surface area contributed by atoms with Crippen LogP contribution in [0.3, 0.4) is 0 Å². The highest BCUT2D eigenvalue weighted by atomic mass is 16.4. The lowest BCUT2D eigenvalue weighted by Gasteiger charge is -1.95. The Morgan fingerprint density at radius 1 is 1.55 bits per heavy atom. The van der Waals surface area contributed by atoms with Crippen LogP contribution in [-0.4, -0.2) is 11.1 Å². The predicted octanol–water partition coefficient (Wildman–Crippen LogP) is 2.37. The average Bonchev–Trinajstić information content (AvgIpc) is 1.97. The van der Waals surface area contributed by atoms with Gasteiger partial charge in [0.05, 0.1) is 0 Å². The number of rotatable bonds is 4. The lowest BCUT2D eigenvalue weighted by atomic mass is 10.1. The molecular weight excluding hydrogens is 140 g/mol. The van der Waals surface area contributed by atoms with Gasteiger partial charge in [0.25, 0.3) is 0 Å². The summed E-state index contributed by atoms with van der Waals surface area (Å²) in [5, 5.41) is 8.63. The second-order valence-corrected chi connectivity index (χ2v) is 2.22. The number of hydrogen-bond acceptors (Lipinski definition) is 1. The van der Waals surface area contributed by atoms with Crippen LogP contribution in [0, 0.1) is 0 Å². The van der Waals surface area contributed by atoms with Gasteiger partial charge in [0, 0.05) is 5.57 Å². The van der Waals surface area contributed by atoms with E-state index >= 15 is 0 Å². The SMILES string of the molecule is CC=CCC(=CCC)C(=O)O. The lowest BCUT2D eigenvalue weighted by molar-refractivity contribution is -0.132. The normalized spacial score (nSPS) is 12.4. The van der Waals surface area contributed by atoms with Crippen LogP contribution in [0.15, 0.2) is 23.8 Å². The van der Waals surface area contributed by atoms with E-state index in [2.05, 4.69) is 0 Å². The molecule has 0 saturated heterocycles. The van der Waals surface area contributed by atoms with Crippen molar-refractivity contribution >= 4 is 5.97 Å². The number of aliphatic carboxylic acids is 1. The van der Waals surface area contributed by atoms with E-state index in [1.54, 1.807) is 6.08 Å². The van der Waals surface area contributed by atoms with Crippen molar-refractivity contribution in [1.29, 1.82) is 0 Å². The van der Waals surface area contributed by atoms with Crippen molar-refractivity contribution < 1.29 is 9.90 Å². The molecule has 0 aliphatic carbocycles. The van der Waals surface area contributed by atoms with Crippen LogP contribution >= 0.6 is 0 Å². The molecule has 0 bridgehead atoms. The molecule has 0 amide bonds. The van der Waals surface area contributed by atoms with E-state index in [9.17, 15) is 4.79 Å². The molecule has 1 N–H and O–H groups in total. The van der Waals surface area contributed by atoms with Gasteiger partial charge in [-0.15, -0.1) is 0 Å². The van der Waals surface area contributed by atoms with Crippen LogP contribution in [0.25, 0.3) is 0 Å². The van der Waals surface area contributed by atoms with Crippen LogP contribution in [0.2, 0.25) is 0 Å². The van der Waals surface area contributed by atoms with E-state index in [0.29, 0.717) is 12.0 Å². The molecule has 0 atom stereocenters. The molecule has 0 fully saturated rings. The van der Waals surface area contributed by atoms with Gasteiger partial charge in [0.2, 0.25) is 0 Å². The van der Waals surface area contributed by atoms with Gasteiger partial charge < -0.3 is 5.11 Å². The Labute approximate surface area is 67.2 Å². The van der Waals surface area contributed by atoms with Gasteiger partial charge in [-0.2, -0.15) is 0 Å². The molecule has 0 aliphatic heterocycles. The Hall–Kier alpha value is -1.05. The maximum absolute atomic E-state index is 10.5. The van der Waals surface area contributed by atoms with Gasteiger partial charge in [-0.3, -0.25) is 0 Å². The van der Waals surface area contributed by atoms with Gasteiger partial charge >= 0.3 is 5.97 Å². The molecule has 0 rings (SSSR count). The monoisotopic (exact) mass is 154 g/mol. The summed E-state index contributed by atoms with van der Waals surface area (Å²) in [6.07, 6.45) is 6.74. The molecule has 0 unspecified atom stereocenters. The Balaban J connectivity index is 4.12. The van der Waals surface area contributed by atoms with E-state index in [-0.39, 0.29) is 0 Å². The second kappa shape index (κ2) is 5.71. The van der Waals surface area contributed by atoms with Crippen molar-refractivity contribution in [2.45, 2.75) is 26.7 Å². The van der Waals surface area contributed by atoms with Gasteiger partial charge in [-0.1, -0.05) is 25.2 Å². The number of hydrogen-bond donors (Lipinski definition) is 1. The Morgan fingerprint density at radius 3 is 2.55 bits per heavy atom. The van der Waals surface area contributed by atoms with E-state index < -0.39 is 5.97 Å². The molecule has 2 heteroatoms. The fraction of sp³-hybridized carbons (Fsp3) is 0.444. The molecular formula is C9H14O2. The Bertz CT molecular complexity index is 178. The van der Waals surface area contributed by atoms with E-state index in [1.807, 2.05) is 26.0 Å². The fourth-order valence-corrected chi connectivity index (χ4v) is 0.749. The molecule has 0 aromatic carbocycles. The van der Waals surface area contributed by atoms with Crippen LogP contribution in [-0.2, 0) is 4.79 Å². The summed E-state index contributed by atoms with van der Waals surface area (Å²) in [4.78, 5) is 10.5. The summed E-state index contributed by atoms with van der Waals surface area (Å²) in [5.41, 5.74) is 0.477. The molecule has 0 saturated carbocycles. The first-order valence-corrected chi connectivity index (χ1v) is 3.75. The van der Waals surface area contributed by atoms with Gasteiger partial charge in [-0.05, 0) is 19.8 Å². The number of carbonyl (C=O) groups is 1. The van der Waals surface area contributed by atoms with Crippen molar-refractivity contribution in [3.05, 3.63) is 23.8 Å². The van der Waals surface area contributed by atoms with Gasteiger partial charge in [0.1, 0.15) is 0 Å². The van der Waals surface area contributed by atoms with Crippen molar-refractivity contribution in [2.24, 2.45) is 0 Å². The zero-order chi connectivity index (χ0) is 8.69.